The molecule has 1 amide bonds. The molecule has 1 aliphatic rings. The molecule has 1 N–H and O–H groups in total. The second-order valence-electron chi connectivity index (χ2n) is 8.24. The van der Waals surface area contributed by atoms with E-state index in [1.807, 2.05) is 84.7 Å². The van der Waals surface area contributed by atoms with E-state index in [9.17, 15) is 4.79 Å². The third kappa shape index (κ3) is 5.80. The molecule has 1 heterocycles. The molecule has 4 rings (SSSR count). The van der Waals surface area contributed by atoms with Crippen LogP contribution in [0.1, 0.15) is 17.2 Å². The summed E-state index contributed by atoms with van der Waals surface area (Å²) < 4.78 is 22.4. The first-order valence-electron chi connectivity index (χ1n) is 11.2. The van der Waals surface area contributed by atoms with E-state index in [-0.39, 0.29) is 24.6 Å². The van der Waals surface area contributed by atoms with E-state index in [2.05, 4.69) is 5.32 Å². The third-order valence-electron chi connectivity index (χ3n) is 5.70. The molecule has 0 bridgehead atoms. The van der Waals surface area contributed by atoms with Gasteiger partial charge in [0.25, 0.3) is 0 Å². The van der Waals surface area contributed by atoms with Crippen molar-refractivity contribution in [2.75, 3.05) is 41.0 Å². The molecule has 3 aromatic rings. The number of nitrogens with zero attached hydrogens (tertiary/aromatic N) is 1. The van der Waals surface area contributed by atoms with Gasteiger partial charge in [0.1, 0.15) is 24.2 Å². The Morgan fingerprint density at radius 2 is 1.50 bits per heavy atom. The number of carbonyl (C=O) groups is 1. The lowest BCUT2D eigenvalue weighted by molar-refractivity contribution is -0.122. The first-order valence-corrected chi connectivity index (χ1v) is 11.2. The van der Waals surface area contributed by atoms with Crippen LogP contribution < -0.4 is 24.3 Å². The maximum Gasteiger partial charge on any atom is 0.234 e. The topological polar surface area (TPSA) is 69.3 Å². The van der Waals surface area contributed by atoms with Crippen LogP contribution >= 0.6 is 0 Å². The van der Waals surface area contributed by atoms with Gasteiger partial charge >= 0.3 is 0 Å². The molecule has 7 heteroatoms. The minimum atomic E-state index is -0.307. The molecule has 178 valence electrons. The van der Waals surface area contributed by atoms with Crippen molar-refractivity contribution in [3.63, 3.8) is 0 Å². The lowest BCUT2D eigenvalue weighted by Gasteiger charge is -2.29. The predicted molar refractivity (Wildman–Crippen MR) is 130 cm³/mol. The Kier molecular flexibility index (Phi) is 7.54. The van der Waals surface area contributed by atoms with E-state index in [0.717, 1.165) is 34.1 Å². The number of carbonyl (C=O) groups excluding carboxylic acids is 1. The largest absolute Gasteiger partial charge is 0.497 e. The molecule has 0 aromatic heterocycles. The SMILES string of the molecule is COc1ccc(C(NC(=O)CN(C)CC2COc3ccccc3O2)c2ccc(OC)cc2)cc1. The molecule has 0 saturated heterocycles. The third-order valence-corrected chi connectivity index (χ3v) is 5.70. The van der Waals surface area contributed by atoms with Gasteiger partial charge in [0.15, 0.2) is 11.5 Å². The summed E-state index contributed by atoms with van der Waals surface area (Å²) in [6.45, 7) is 1.24. The summed E-state index contributed by atoms with van der Waals surface area (Å²) in [6, 6.07) is 22.7. The van der Waals surface area contributed by atoms with Crippen molar-refractivity contribution in [3.05, 3.63) is 83.9 Å². The van der Waals surface area contributed by atoms with Crippen LogP contribution in [0.4, 0.5) is 0 Å². The first-order chi connectivity index (χ1) is 16.6. The number of rotatable bonds is 9. The normalized spacial score (nSPS) is 14.7. The minimum Gasteiger partial charge on any atom is -0.497 e. The quantitative estimate of drug-likeness (QED) is 0.523. The van der Waals surface area contributed by atoms with Crippen molar-refractivity contribution in [2.24, 2.45) is 0 Å². The van der Waals surface area contributed by atoms with Crippen molar-refractivity contribution in [2.45, 2.75) is 12.1 Å². The van der Waals surface area contributed by atoms with Gasteiger partial charge in [-0.05, 0) is 54.6 Å². The Labute approximate surface area is 200 Å². The van der Waals surface area contributed by atoms with E-state index in [1.54, 1.807) is 14.2 Å². The van der Waals surface area contributed by atoms with Gasteiger partial charge in [-0.2, -0.15) is 0 Å². The van der Waals surface area contributed by atoms with Crippen LogP contribution in [0.25, 0.3) is 0 Å². The van der Waals surface area contributed by atoms with E-state index in [0.29, 0.717) is 13.2 Å². The standard InChI is InChI=1S/C27H30N2O5/c1-29(16-23-18-33-24-6-4-5-7-25(24)34-23)17-26(30)28-27(19-8-12-21(31-2)13-9-19)20-10-14-22(32-3)15-11-20/h4-15,23,27H,16-18H2,1-3H3,(H,28,30). The van der Waals surface area contributed by atoms with Crippen molar-refractivity contribution >= 4 is 5.91 Å². The zero-order valence-corrected chi connectivity index (χ0v) is 19.7. The van der Waals surface area contributed by atoms with Crippen molar-refractivity contribution in [1.29, 1.82) is 0 Å². The molecule has 1 aliphatic heterocycles. The minimum absolute atomic E-state index is 0.0868. The van der Waals surface area contributed by atoms with Gasteiger partial charge < -0.3 is 24.3 Å². The number of amides is 1. The van der Waals surface area contributed by atoms with E-state index in [1.165, 1.54) is 0 Å². The number of ether oxygens (including phenoxy) is 4. The molecule has 0 saturated carbocycles. The second kappa shape index (κ2) is 10.9. The molecule has 0 fully saturated rings. The summed E-state index contributed by atoms with van der Waals surface area (Å²) in [5.41, 5.74) is 1.92. The Bertz CT molecular complexity index is 1040. The number of para-hydroxylation sites is 2. The summed E-state index contributed by atoms with van der Waals surface area (Å²) in [5, 5.41) is 3.17. The molecule has 34 heavy (non-hydrogen) atoms. The maximum absolute atomic E-state index is 13.0. The van der Waals surface area contributed by atoms with Gasteiger partial charge in [-0.3, -0.25) is 9.69 Å². The van der Waals surface area contributed by atoms with Crippen molar-refractivity contribution in [3.8, 4) is 23.0 Å². The molecular weight excluding hydrogens is 432 g/mol. The number of hydrogen-bond acceptors (Lipinski definition) is 6. The van der Waals surface area contributed by atoms with Crippen LogP contribution in [0.15, 0.2) is 72.8 Å². The average molecular weight is 463 g/mol. The monoisotopic (exact) mass is 462 g/mol. The highest BCUT2D eigenvalue weighted by Crippen LogP contribution is 2.31. The molecule has 0 radical (unpaired) electrons. The van der Waals surface area contributed by atoms with Crippen LogP contribution in [-0.2, 0) is 4.79 Å². The molecule has 0 spiro atoms. The van der Waals surface area contributed by atoms with Gasteiger partial charge in [0, 0.05) is 6.54 Å². The van der Waals surface area contributed by atoms with Crippen LogP contribution in [0.5, 0.6) is 23.0 Å². The molecule has 3 aromatic carbocycles. The first kappa shape index (κ1) is 23.4. The Morgan fingerprint density at radius 3 is 2.06 bits per heavy atom. The summed E-state index contributed by atoms with van der Waals surface area (Å²) in [6.07, 6.45) is -0.147. The maximum atomic E-state index is 13.0. The van der Waals surface area contributed by atoms with Gasteiger partial charge in [-0.1, -0.05) is 36.4 Å². The van der Waals surface area contributed by atoms with Gasteiger partial charge in [-0.25, -0.2) is 0 Å². The van der Waals surface area contributed by atoms with Crippen LogP contribution in [0.2, 0.25) is 0 Å². The van der Waals surface area contributed by atoms with Gasteiger partial charge in [0.2, 0.25) is 5.91 Å². The van der Waals surface area contributed by atoms with Crippen LogP contribution in [0, 0.1) is 0 Å². The highest BCUT2D eigenvalue weighted by Gasteiger charge is 2.24. The lowest BCUT2D eigenvalue weighted by Crippen LogP contribution is -2.44. The summed E-state index contributed by atoms with van der Waals surface area (Å²) in [5.74, 6) is 2.92. The zero-order chi connectivity index (χ0) is 23.9. The van der Waals surface area contributed by atoms with Crippen molar-refractivity contribution in [1.82, 2.24) is 10.2 Å². The number of methoxy groups -OCH3 is 2. The lowest BCUT2D eigenvalue weighted by atomic mass is 9.98. The van der Waals surface area contributed by atoms with E-state index in [4.69, 9.17) is 18.9 Å². The zero-order valence-electron chi connectivity index (χ0n) is 19.7. The smallest absolute Gasteiger partial charge is 0.234 e. The summed E-state index contributed by atoms with van der Waals surface area (Å²) >= 11 is 0. The number of likely N-dealkylation sites (N-methyl/N-ethyl adjacent to an activating group) is 1. The fraction of sp³-hybridized carbons (Fsp3) is 0.296. The average Bonchev–Trinajstić information content (AvgIpc) is 2.87. The van der Waals surface area contributed by atoms with Crippen molar-refractivity contribution < 1.29 is 23.7 Å². The van der Waals surface area contributed by atoms with E-state index >= 15 is 0 Å². The second-order valence-corrected chi connectivity index (χ2v) is 8.24. The Balaban J connectivity index is 1.41. The summed E-state index contributed by atoms with van der Waals surface area (Å²) in [7, 11) is 5.17. The number of benzene rings is 3. The highest BCUT2D eigenvalue weighted by atomic mass is 16.6. The molecule has 7 nitrogen and oxygen atoms in total. The Morgan fingerprint density at radius 1 is 0.941 bits per heavy atom. The summed E-state index contributed by atoms with van der Waals surface area (Å²) in [4.78, 5) is 15.0. The van der Waals surface area contributed by atoms with E-state index < -0.39 is 0 Å². The fourth-order valence-electron chi connectivity index (χ4n) is 3.97. The molecule has 0 aliphatic carbocycles. The van der Waals surface area contributed by atoms with Gasteiger partial charge in [-0.15, -0.1) is 0 Å². The number of hydrogen-bond donors (Lipinski definition) is 1. The van der Waals surface area contributed by atoms with Crippen LogP contribution in [0.3, 0.4) is 0 Å². The predicted octanol–water partition coefficient (Wildman–Crippen LogP) is 3.68. The molecular formula is C27H30N2O5. The molecule has 1 atom stereocenters. The number of nitrogens with one attached hydrogen (secondary N) is 1. The van der Waals surface area contributed by atoms with Gasteiger partial charge in [0.05, 0.1) is 26.8 Å². The van der Waals surface area contributed by atoms with Crippen LogP contribution in [-0.4, -0.2) is 57.9 Å². The fourth-order valence-corrected chi connectivity index (χ4v) is 3.97. The highest BCUT2D eigenvalue weighted by molar-refractivity contribution is 5.79. The Hall–Kier alpha value is -3.71. The number of fused-ring (bicyclic) bond motifs is 1. The molecule has 1 unspecified atom stereocenters.